The smallest absolute Gasteiger partial charge is 0.120 e. The van der Waals surface area contributed by atoms with E-state index in [2.05, 4.69) is 25.2 Å². The predicted molar refractivity (Wildman–Crippen MR) is 75.7 cm³/mol. The van der Waals surface area contributed by atoms with Gasteiger partial charge in [0.1, 0.15) is 5.75 Å². The van der Waals surface area contributed by atoms with Gasteiger partial charge >= 0.3 is 0 Å². The number of phenolic OH excluding ortho intramolecular Hbond substituents is 1. The molecule has 2 nitrogen and oxygen atoms in total. The number of nitrogens with one attached hydrogen (secondary N) is 1. The molecule has 2 rings (SSSR count). The summed E-state index contributed by atoms with van der Waals surface area (Å²) in [6, 6.07) is 6.35. The number of hydrogen-bond donors (Lipinski definition) is 2. The SMILES string of the molecule is Cc1ccc(O)c(CN[C@@H](C)C2CCCCC2)c1. The minimum absolute atomic E-state index is 0.406. The van der Waals surface area contributed by atoms with Crippen LogP contribution in [-0.2, 0) is 6.54 Å². The molecule has 100 valence electrons. The van der Waals surface area contributed by atoms with Gasteiger partial charge in [-0.25, -0.2) is 0 Å². The van der Waals surface area contributed by atoms with Crippen molar-refractivity contribution in [2.75, 3.05) is 0 Å². The lowest BCUT2D eigenvalue weighted by atomic mass is 9.84. The zero-order valence-electron chi connectivity index (χ0n) is 11.6. The predicted octanol–water partition coefficient (Wildman–Crippen LogP) is 3.76. The Bertz CT molecular complexity index is 383. The molecule has 0 spiro atoms. The van der Waals surface area contributed by atoms with Gasteiger partial charge in [0, 0.05) is 18.2 Å². The van der Waals surface area contributed by atoms with Gasteiger partial charge in [0.2, 0.25) is 0 Å². The third kappa shape index (κ3) is 3.49. The van der Waals surface area contributed by atoms with Crippen molar-refractivity contribution in [3.05, 3.63) is 29.3 Å². The van der Waals surface area contributed by atoms with Crippen LogP contribution in [0.2, 0.25) is 0 Å². The van der Waals surface area contributed by atoms with Gasteiger partial charge in [-0.2, -0.15) is 0 Å². The molecule has 0 amide bonds. The van der Waals surface area contributed by atoms with Gasteiger partial charge in [-0.1, -0.05) is 37.0 Å². The zero-order chi connectivity index (χ0) is 13.0. The summed E-state index contributed by atoms with van der Waals surface area (Å²) >= 11 is 0. The van der Waals surface area contributed by atoms with Crippen molar-refractivity contribution in [2.45, 2.75) is 58.5 Å². The fraction of sp³-hybridized carbons (Fsp3) is 0.625. The van der Waals surface area contributed by atoms with Gasteiger partial charge in [-0.15, -0.1) is 0 Å². The van der Waals surface area contributed by atoms with E-state index in [9.17, 15) is 5.11 Å². The Balaban J connectivity index is 1.88. The Kier molecular flexibility index (Phi) is 4.65. The maximum absolute atomic E-state index is 9.82. The lowest BCUT2D eigenvalue weighted by molar-refractivity contribution is 0.280. The van der Waals surface area contributed by atoms with Crippen LogP contribution < -0.4 is 5.32 Å². The summed E-state index contributed by atoms with van der Waals surface area (Å²) in [5.41, 5.74) is 2.22. The first kappa shape index (κ1) is 13.4. The van der Waals surface area contributed by atoms with E-state index < -0.39 is 0 Å². The lowest BCUT2D eigenvalue weighted by Crippen LogP contribution is -2.34. The van der Waals surface area contributed by atoms with Crippen LogP contribution in [0.15, 0.2) is 18.2 Å². The average Bonchev–Trinajstić information content (AvgIpc) is 2.40. The third-order valence-electron chi connectivity index (χ3n) is 4.21. The Morgan fingerprint density at radius 3 is 2.72 bits per heavy atom. The van der Waals surface area contributed by atoms with E-state index in [1.54, 1.807) is 6.07 Å². The monoisotopic (exact) mass is 247 g/mol. The minimum Gasteiger partial charge on any atom is -0.508 e. The van der Waals surface area contributed by atoms with Crippen LogP contribution in [-0.4, -0.2) is 11.1 Å². The normalized spacial score (nSPS) is 18.8. The van der Waals surface area contributed by atoms with Crippen molar-refractivity contribution in [1.29, 1.82) is 0 Å². The molecule has 0 bridgehead atoms. The van der Waals surface area contributed by atoms with Crippen LogP contribution >= 0.6 is 0 Å². The largest absolute Gasteiger partial charge is 0.508 e. The van der Waals surface area contributed by atoms with Crippen LogP contribution in [0.25, 0.3) is 0 Å². The standard InChI is InChI=1S/C16H25NO/c1-12-8-9-16(18)15(10-12)11-17-13(2)14-6-4-3-5-7-14/h8-10,13-14,17-18H,3-7,11H2,1-2H3/t13-/m0/s1. The van der Waals surface area contributed by atoms with Crippen LogP contribution in [0, 0.1) is 12.8 Å². The van der Waals surface area contributed by atoms with E-state index in [0.717, 1.165) is 18.0 Å². The Hall–Kier alpha value is -1.02. The first-order chi connectivity index (χ1) is 8.66. The van der Waals surface area contributed by atoms with Gasteiger partial charge in [0.05, 0.1) is 0 Å². The molecule has 1 atom stereocenters. The number of rotatable bonds is 4. The molecule has 0 unspecified atom stereocenters. The van der Waals surface area contributed by atoms with Crippen molar-refractivity contribution in [2.24, 2.45) is 5.92 Å². The number of phenols is 1. The molecule has 1 aliphatic rings. The van der Waals surface area contributed by atoms with E-state index >= 15 is 0 Å². The minimum atomic E-state index is 0.406. The van der Waals surface area contributed by atoms with Gasteiger partial charge < -0.3 is 10.4 Å². The molecule has 0 heterocycles. The van der Waals surface area contributed by atoms with Crippen molar-refractivity contribution in [1.82, 2.24) is 5.32 Å². The molecule has 2 heteroatoms. The first-order valence-corrected chi connectivity index (χ1v) is 7.18. The molecular weight excluding hydrogens is 222 g/mol. The van der Waals surface area contributed by atoms with E-state index in [-0.39, 0.29) is 0 Å². The van der Waals surface area contributed by atoms with Gasteiger partial charge in [0.15, 0.2) is 0 Å². The van der Waals surface area contributed by atoms with Crippen molar-refractivity contribution in [3.63, 3.8) is 0 Å². The Morgan fingerprint density at radius 2 is 2.00 bits per heavy atom. The average molecular weight is 247 g/mol. The molecule has 1 aromatic carbocycles. The molecular formula is C16H25NO. The van der Waals surface area contributed by atoms with Crippen molar-refractivity contribution < 1.29 is 5.11 Å². The number of aromatic hydroxyl groups is 1. The third-order valence-corrected chi connectivity index (χ3v) is 4.21. The highest BCUT2D eigenvalue weighted by molar-refractivity contribution is 5.35. The number of benzene rings is 1. The van der Waals surface area contributed by atoms with Crippen molar-refractivity contribution in [3.8, 4) is 5.75 Å². The highest BCUT2D eigenvalue weighted by Gasteiger charge is 2.19. The van der Waals surface area contributed by atoms with E-state index in [0.29, 0.717) is 11.8 Å². The van der Waals surface area contributed by atoms with Crippen LogP contribution in [0.1, 0.15) is 50.2 Å². The molecule has 0 radical (unpaired) electrons. The van der Waals surface area contributed by atoms with Crippen LogP contribution in [0.5, 0.6) is 5.75 Å². The fourth-order valence-corrected chi connectivity index (χ4v) is 2.93. The van der Waals surface area contributed by atoms with E-state index in [1.165, 1.54) is 37.7 Å². The van der Waals surface area contributed by atoms with Gasteiger partial charge in [0.25, 0.3) is 0 Å². The topological polar surface area (TPSA) is 32.3 Å². The summed E-state index contributed by atoms with van der Waals surface area (Å²) in [6.07, 6.45) is 6.88. The summed E-state index contributed by atoms with van der Waals surface area (Å²) in [5, 5.41) is 13.4. The maximum Gasteiger partial charge on any atom is 0.120 e. The zero-order valence-corrected chi connectivity index (χ0v) is 11.6. The summed E-state index contributed by atoms with van der Waals surface area (Å²) < 4.78 is 0. The molecule has 2 N–H and O–H groups in total. The number of aryl methyl sites for hydroxylation is 1. The molecule has 1 fully saturated rings. The maximum atomic E-state index is 9.82. The van der Waals surface area contributed by atoms with Gasteiger partial charge in [-0.3, -0.25) is 0 Å². The molecule has 1 aliphatic carbocycles. The Morgan fingerprint density at radius 1 is 1.28 bits per heavy atom. The highest BCUT2D eigenvalue weighted by Crippen LogP contribution is 2.27. The summed E-state index contributed by atoms with van der Waals surface area (Å²) in [5.74, 6) is 1.22. The number of hydrogen-bond acceptors (Lipinski definition) is 2. The van der Waals surface area contributed by atoms with Crippen LogP contribution in [0.3, 0.4) is 0 Å². The molecule has 18 heavy (non-hydrogen) atoms. The lowest BCUT2D eigenvalue weighted by Gasteiger charge is -2.28. The van der Waals surface area contributed by atoms with E-state index in [1.807, 2.05) is 6.07 Å². The van der Waals surface area contributed by atoms with E-state index in [4.69, 9.17) is 0 Å². The molecule has 0 aliphatic heterocycles. The van der Waals surface area contributed by atoms with Gasteiger partial charge in [-0.05, 0) is 38.7 Å². The molecule has 0 saturated heterocycles. The highest BCUT2D eigenvalue weighted by atomic mass is 16.3. The molecule has 0 aromatic heterocycles. The first-order valence-electron chi connectivity index (χ1n) is 7.18. The van der Waals surface area contributed by atoms with Crippen molar-refractivity contribution >= 4 is 0 Å². The fourth-order valence-electron chi connectivity index (χ4n) is 2.93. The molecule has 1 saturated carbocycles. The molecule has 1 aromatic rings. The summed E-state index contributed by atoms with van der Waals surface area (Å²) in [7, 11) is 0. The second-order valence-electron chi connectivity index (χ2n) is 5.70. The van der Waals surface area contributed by atoms with Crippen LogP contribution in [0.4, 0.5) is 0 Å². The summed E-state index contributed by atoms with van der Waals surface area (Å²) in [4.78, 5) is 0. The second-order valence-corrected chi connectivity index (χ2v) is 5.70. The Labute approximate surface area is 110 Å². The quantitative estimate of drug-likeness (QED) is 0.849. The second kappa shape index (κ2) is 6.24. The summed E-state index contributed by atoms with van der Waals surface area (Å²) in [6.45, 7) is 5.11.